The molecule has 0 spiro atoms. The Balaban J connectivity index is 0.000000561. The second-order valence-electron chi connectivity index (χ2n) is 1.60. The SMILES string of the molecule is CO.COc1cc(OC)ncn1. The van der Waals surface area contributed by atoms with E-state index < -0.39 is 0 Å². The number of hydrogen-bond acceptors (Lipinski definition) is 5. The molecule has 0 saturated heterocycles. The zero-order valence-electron chi connectivity index (χ0n) is 7.31. The quantitative estimate of drug-likeness (QED) is 0.685. The van der Waals surface area contributed by atoms with Crippen molar-refractivity contribution in [2.75, 3.05) is 21.3 Å². The van der Waals surface area contributed by atoms with Gasteiger partial charge < -0.3 is 14.6 Å². The van der Waals surface area contributed by atoms with Crippen LogP contribution in [0.3, 0.4) is 0 Å². The van der Waals surface area contributed by atoms with E-state index >= 15 is 0 Å². The van der Waals surface area contributed by atoms with Gasteiger partial charge in [0.25, 0.3) is 0 Å². The molecule has 0 fully saturated rings. The van der Waals surface area contributed by atoms with Crippen molar-refractivity contribution in [1.29, 1.82) is 0 Å². The molecule has 0 aliphatic heterocycles. The van der Waals surface area contributed by atoms with Crippen LogP contribution in [0.25, 0.3) is 0 Å². The third-order valence-electron chi connectivity index (χ3n) is 1.04. The summed E-state index contributed by atoms with van der Waals surface area (Å²) in [5.41, 5.74) is 0. The van der Waals surface area contributed by atoms with Crippen molar-refractivity contribution < 1.29 is 14.6 Å². The van der Waals surface area contributed by atoms with E-state index in [1.54, 1.807) is 20.3 Å². The lowest BCUT2D eigenvalue weighted by molar-refractivity contribution is 0.371. The summed E-state index contributed by atoms with van der Waals surface area (Å²) in [5, 5.41) is 7.00. The first kappa shape index (κ1) is 10.6. The number of aliphatic hydroxyl groups excluding tert-OH is 1. The van der Waals surface area contributed by atoms with Crippen LogP contribution in [-0.2, 0) is 0 Å². The van der Waals surface area contributed by atoms with Crippen LogP contribution in [0.1, 0.15) is 0 Å². The Labute approximate surface area is 71.0 Å². The number of hydrogen-bond donors (Lipinski definition) is 1. The van der Waals surface area contributed by atoms with E-state index in [1.165, 1.54) is 6.33 Å². The van der Waals surface area contributed by atoms with E-state index in [2.05, 4.69) is 9.97 Å². The van der Waals surface area contributed by atoms with Gasteiger partial charge in [0.2, 0.25) is 11.8 Å². The molecule has 5 heteroatoms. The highest BCUT2D eigenvalue weighted by Crippen LogP contribution is 2.10. The van der Waals surface area contributed by atoms with Crippen LogP contribution in [0.15, 0.2) is 12.4 Å². The fourth-order valence-electron chi connectivity index (χ4n) is 0.546. The number of rotatable bonds is 2. The molecule has 0 atom stereocenters. The molecule has 1 aromatic heterocycles. The van der Waals surface area contributed by atoms with E-state index in [0.29, 0.717) is 11.8 Å². The van der Waals surface area contributed by atoms with Crippen LogP contribution in [0.2, 0.25) is 0 Å². The Bertz CT molecular complexity index is 198. The molecule has 1 aromatic rings. The summed E-state index contributed by atoms with van der Waals surface area (Å²) in [5.74, 6) is 1.01. The lowest BCUT2D eigenvalue weighted by atomic mass is 10.6. The Hall–Kier alpha value is -1.36. The van der Waals surface area contributed by atoms with Crippen molar-refractivity contribution in [3.63, 3.8) is 0 Å². The average Bonchev–Trinajstić information content (AvgIpc) is 2.21. The first-order chi connectivity index (χ1) is 5.86. The molecule has 0 unspecified atom stereocenters. The van der Waals surface area contributed by atoms with Gasteiger partial charge in [0.15, 0.2) is 0 Å². The molecule has 0 bridgehead atoms. The fraction of sp³-hybridized carbons (Fsp3) is 0.429. The summed E-state index contributed by atoms with van der Waals surface area (Å²) in [6.45, 7) is 0. The maximum atomic E-state index is 7.00. The Morgan fingerprint density at radius 1 is 1.08 bits per heavy atom. The maximum Gasteiger partial charge on any atom is 0.219 e. The molecular weight excluding hydrogens is 160 g/mol. The third-order valence-corrected chi connectivity index (χ3v) is 1.04. The van der Waals surface area contributed by atoms with Crippen molar-refractivity contribution in [3.05, 3.63) is 12.4 Å². The van der Waals surface area contributed by atoms with Gasteiger partial charge >= 0.3 is 0 Å². The number of nitrogens with zero attached hydrogens (tertiary/aromatic N) is 2. The normalized spacial score (nSPS) is 8.00. The van der Waals surface area contributed by atoms with Gasteiger partial charge in [0, 0.05) is 7.11 Å². The van der Waals surface area contributed by atoms with Gasteiger partial charge in [-0.3, -0.25) is 0 Å². The number of aromatic nitrogens is 2. The second-order valence-corrected chi connectivity index (χ2v) is 1.60. The van der Waals surface area contributed by atoms with Crippen LogP contribution in [-0.4, -0.2) is 36.4 Å². The highest BCUT2D eigenvalue weighted by Gasteiger charge is 1.94. The molecule has 0 amide bonds. The van der Waals surface area contributed by atoms with Crippen molar-refractivity contribution >= 4 is 0 Å². The van der Waals surface area contributed by atoms with E-state index in [9.17, 15) is 0 Å². The first-order valence-corrected chi connectivity index (χ1v) is 3.21. The number of ether oxygens (including phenoxy) is 2. The van der Waals surface area contributed by atoms with E-state index in [1.807, 2.05) is 0 Å². The molecule has 0 aliphatic carbocycles. The summed E-state index contributed by atoms with van der Waals surface area (Å²) in [4.78, 5) is 7.58. The van der Waals surface area contributed by atoms with E-state index in [0.717, 1.165) is 7.11 Å². The van der Waals surface area contributed by atoms with Crippen LogP contribution in [0.5, 0.6) is 11.8 Å². The molecule has 5 nitrogen and oxygen atoms in total. The van der Waals surface area contributed by atoms with Crippen LogP contribution < -0.4 is 9.47 Å². The highest BCUT2D eigenvalue weighted by molar-refractivity contribution is 5.17. The summed E-state index contributed by atoms with van der Waals surface area (Å²) in [6, 6.07) is 1.61. The largest absolute Gasteiger partial charge is 0.481 e. The molecule has 0 aliphatic rings. The predicted molar refractivity (Wildman–Crippen MR) is 43.3 cm³/mol. The standard InChI is InChI=1S/C6H8N2O2.CH4O/c1-9-5-3-6(10-2)8-4-7-5;1-2/h3-4H,1-2H3;2H,1H3. The van der Waals surface area contributed by atoms with Gasteiger partial charge in [-0.1, -0.05) is 0 Å². The number of aliphatic hydroxyl groups is 1. The summed E-state index contributed by atoms with van der Waals surface area (Å²) in [7, 11) is 4.09. The molecule has 12 heavy (non-hydrogen) atoms. The van der Waals surface area contributed by atoms with Gasteiger partial charge in [-0.25, -0.2) is 9.97 Å². The summed E-state index contributed by atoms with van der Waals surface area (Å²) in [6.07, 6.45) is 1.39. The Morgan fingerprint density at radius 2 is 1.50 bits per heavy atom. The lowest BCUT2D eigenvalue weighted by Gasteiger charge is -1.99. The first-order valence-electron chi connectivity index (χ1n) is 3.21. The predicted octanol–water partition coefficient (Wildman–Crippen LogP) is 0.102. The summed E-state index contributed by atoms with van der Waals surface area (Å²) < 4.78 is 9.65. The molecule has 0 aromatic carbocycles. The zero-order chi connectivity index (χ0) is 9.40. The maximum absolute atomic E-state index is 7.00. The molecule has 1 rings (SSSR count). The molecule has 0 radical (unpaired) electrons. The van der Waals surface area contributed by atoms with Gasteiger partial charge in [0.1, 0.15) is 6.33 Å². The van der Waals surface area contributed by atoms with Crippen molar-refractivity contribution in [2.24, 2.45) is 0 Å². The molecular formula is C7H12N2O3. The van der Waals surface area contributed by atoms with E-state index in [-0.39, 0.29) is 0 Å². The van der Waals surface area contributed by atoms with Crippen LogP contribution in [0, 0.1) is 0 Å². The topological polar surface area (TPSA) is 64.5 Å². The monoisotopic (exact) mass is 172 g/mol. The minimum absolute atomic E-state index is 0.506. The van der Waals surface area contributed by atoms with Crippen LogP contribution in [0.4, 0.5) is 0 Å². The average molecular weight is 172 g/mol. The molecule has 1 heterocycles. The highest BCUT2D eigenvalue weighted by atomic mass is 16.5. The van der Waals surface area contributed by atoms with Crippen molar-refractivity contribution in [1.82, 2.24) is 9.97 Å². The molecule has 0 saturated carbocycles. The summed E-state index contributed by atoms with van der Waals surface area (Å²) >= 11 is 0. The second kappa shape index (κ2) is 6.36. The lowest BCUT2D eigenvalue weighted by Crippen LogP contribution is -1.91. The fourth-order valence-corrected chi connectivity index (χ4v) is 0.546. The Kier molecular flexibility index (Phi) is 5.64. The van der Waals surface area contributed by atoms with E-state index in [4.69, 9.17) is 14.6 Å². The van der Waals surface area contributed by atoms with Gasteiger partial charge in [0.05, 0.1) is 20.3 Å². The zero-order valence-corrected chi connectivity index (χ0v) is 7.31. The third kappa shape index (κ3) is 3.16. The number of methoxy groups -OCH3 is 2. The smallest absolute Gasteiger partial charge is 0.219 e. The minimum Gasteiger partial charge on any atom is -0.481 e. The van der Waals surface area contributed by atoms with Crippen molar-refractivity contribution in [3.8, 4) is 11.8 Å². The Morgan fingerprint density at radius 3 is 1.83 bits per heavy atom. The van der Waals surface area contributed by atoms with Gasteiger partial charge in [-0.2, -0.15) is 0 Å². The molecule has 68 valence electrons. The van der Waals surface area contributed by atoms with Gasteiger partial charge in [-0.15, -0.1) is 0 Å². The van der Waals surface area contributed by atoms with Gasteiger partial charge in [-0.05, 0) is 0 Å². The minimum atomic E-state index is 0.506. The molecule has 1 N–H and O–H groups in total. The van der Waals surface area contributed by atoms with Crippen LogP contribution >= 0.6 is 0 Å². The van der Waals surface area contributed by atoms with Crippen molar-refractivity contribution in [2.45, 2.75) is 0 Å².